The van der Waals surface area contributed by atoms with Gasteiger partial charge in [0, 0.05) is 27.2 Å². The molecule has 0 aliphatic rings. The van der Waals surface area contributed by atoms with Crippen LogP contribution in [0.2, 0.25) is 0 Å². The number of sulfonamides is 1. The van der Waals surface area contributed by atoms with Gasteiger partial charge in [0.15, 0.2) is 0 Å². The van der Waals surface area contributed by atoms with E-state index in [9.17, 15) is 22.3 Å². The molecule has 2 aromatic heterocycles. The van der Waals surface area contributed by atoms with E-state index in [0.29, 0.717) is 15.8 Å². The van der Waals surface area contributed by atoms with Gasteiger partial charge in [-0.3, -0.25) is 0 Å². The highest BCUT2D eigenvalue weighted by atomic mass is 32.2. The lowest BCUT2D eigenvalue weighted by molar-refractivity contribution is 0.228. The lowest BCUT2D eigenvalue weighted by atomic mass is 10.2. The molecular weight excluding hydrogens is 388 g/mol. The van der Waals surface area contributed by atoms with Crippen LogP contribution in [0.5, 0.6) is 0 Å². The van der Waals surface area contributed by atoms with E-state index in [-0.39, 0.29) is 6.54 Å². The maximum atomic E-state index is 13.7. The number of halogens is 2. The molecule has 2 heterocycles. The van der Waals surface area contributed by atoms with Gasteiger partial charge in [0.25, 0.3) is 0 Å². The van der Waals surface area contributed by atoms with Crippen molar-refractivity contribution in [3.05, 3.63) is 74.1 Å². The van der Waals surface area contributed by atoms with Crippen molar-refractivity contribution in [2.45, 2.75) is 17.5 Å². The summed E-state index contributed by atoms with van der Waals surface area (Å²) in [6.07, 6.45) is -0.759. The van der Waals surface area contributed by atoms with Gasteiger partial charge in [-0.05, 0) is 35.7 Å². The van der Waals surface area contributed by atoms with Crippen LogP contribution in [0, 0.1) is 11.6 Å². The first-order chi connectivity index (χ1) is 11.9. The summed E-state index contributed by atoms with van der Waals surface area (Å²) in [5, 5.41) is 12.1. The van der Waals surface area contributed by atoms with Gasteiger partial charge in [-0.15, -0.1) is 22.7 Å². The number of thiophene rings is 2. The van der Waals surface area contributed by atoms with E-state index in [1.165, 1.54) is 22.7 Å². The molecule has 1 unspecified atom stereocenters. The molecule has 0 aliphatic heterocycles. The number of hydrogen-bond acceptors (Lipinski definition) is 5. The first kappa shape index (κ1) is 18.2. The molecule has 25 heavy (non-hydrogen) atoms. The Morgan fingerprint density at radius 1 is 1.12 bits per heavy atom. The van der Waals surface area contributed by atoms with Gasteiger partial charge in [-0.25, -0.2) is 21.9 Å². The Labute approximate surface area is 151 Å². The SMILES string of the molecule is O=S(=O)(NCc1ccc(C(O)c2cccs2)s1)c1ccc(F)cc1F. The second kappa shape index (κ2) is 7.30. The molecule has 132 valence electrons. The minimum absolute atomic E-state index is 0.0546. The number of rotatable bonds is 6. The third-order valence-electron chi connectivity index (χ3n) is 3.38. The van der Waals surface area contributed by atoms with Gasteiger partial charge < -0.3 is 5.11 Å². The van der Waals surface area contributed by atoms with Crippen LogP contribution in [0.4, 0.5) is 8.78 Å². The summed E-state index contributed by atoms with van der Waals surface area (Å²) in [6, 6.07) is 9.36. The van der Waals surface area contributed by atoms with E-state index in [0.717, 1.165) is 17.0 Å². The topological polar surface area (TPSA) is 66.4 Å². The molecule has 0 spiro atoms. The Balaban J connectivity index is 1.71. The van der Waals surface area contributed by atoms with Crippen LogP contribution in [0.15, 0.2) is 52.7 Å². The van der Waals surface area contributed by atoms with Gasteiger partial charge in [0.2, 0.25) is 10.0 Å². The lowest BCUT2D eigenvalue weighted by Crippen LogP contribution is -2.23. The molecule has 0 saturated heterocycles. The van der Waals surface area contributed by atoms with E-state index >= 15 is 0 Å². The molecule has 1 aromatic carbocycles. The molecule has 0 aliphatic carbocycles. The largest absolute Gasteiger partial charge is 0.382 e. The Bertz CT molecular complexity index is 968. The highest BCUT2D eigenvalue weighted by Gasteiger charge is 2.20. The summed E-state index contributed by atoms with van der Waals surface area (Å²) in [6.45, 7) is -0.0546. The smallest absolute Gasteiger partial charge is 0.243 e. The number of aliphatic hydroxyl groups excluding tert-OH is 1. The van der Waals surface area contributed by atoms with Crippen LogP contribution >= 0.6 is 22.7 Å². The first-order valence-corrected chi connectivity index (χ1v) is 10.3. The summed E-state index contributed by atoms with van der Waals surface area (Å²) in [5.74, 6) is -1.99. The molecule has 3 aromatic rings. The highest BCUT2D eigenvalue weighted by molar-refractivity contribution is 7.89. The van der Waals surface area contributed by atoms with Crippen molar-refractivity contribution < 1.29 is 22.3 Å². The molecular formula is C16H13F2NO3S3. The van der Waals surface area contributed by atoms with Crippen LogP contribution in [0.1, 0.15) is 20.7 Å². The summed E-state index contributed by atoms with van der Waals surface area (Å²) < 4.78 is 53.1. The third kappa shape index (κ3) is 4.13. The molecule has 9 heteroatoms. The summed E-state index contributed by atoms with van der Waals surface area (Å²) in [7, 11) is -4.11. The van der Waals surface area contributed by atoms with Crippen molar-refractivity contribution in [2.75, 3.05) is 0 Å². The van der Waals surface area contributed by atoms with Gasteiger partial charge in [0.05, 0.1) is 0 Å². The molecule has 0 amide bonds. The minimum atomic E-state index is -4.11. The zero-order valence-corrected chi connectivity index (χ0v) is 15.1. The van der Waals surface area contributed by atoms with Gasteiger partial charge >= 0.3 is 0 Å². The van der Waals surface area contributed by atoms with Crippen molar-refractivity contribution in [3.63, 3.8) is 0 Å². The molecule has 4 nitrogen and oxygen atoms in total. The van der Waals surface area contributed by atoms with Crippen LogP contribution in [-0.4, -0.2) is 13.5 Å². The average molecular weight is 401 g/mol. The molecule has 0 fully saturated rings. The van der Waals surface area contributed by atoms with E-state index < -0.39 is 32.7 Å². The summed E-state index contributed by atoms with van der Waals surface area (Å²) in [5.41, 5.74) is 0. The summed E-state index contributed by atoms with van der Waals surface area (Å²) >= 11 is 2.68. The number of benzene rings is 1. The minimum Gasteiger partial charge on any atom is -0.382 e. The van der Waals surface area contributed by atoms with Crippen molar-refractivity contribution in [2.24, 2.45) is 0 Å². The van der Waals surface area contributed by atoms with Crippen molar-refractivity contribution in [1.82, 2.24) is 4.72 Å². The maximum absolute atomic E-state index is 13.7. The third-order valence-corrected chi connectivity index (χ3v) is 6.88. The molecule has 0 saturated carbocycles. The van der Waals surface area contributed by atoms with Crippen LogP contribution in [0.25, 0.3) is 0 Å². The quantitative estimate of drug-likeness (QED) is 0.663. The predicted molar refractivity (Wildman–Crippen MR) is 93.1 cm³/mol. The van der Waals surface area contributed by atoms with E-state index in [2.05, 4.69) is 4.72 Å². The monoisotopic (exact) mass is 401 g/mol. The fourth-order valence-corrected chi connectivity index (χ4v) is 5.08. The lowest BCUT2D eigenvalue weighted by Gasteiger charge is -2.07. The second-order valence-corrected chi connectivity index (χ2v) is 9.04. The molecule has 1 atom stereocenters. The van der Waals surface area contributed by atoms with Gasteiger partial charge in [-0.2, -0.15) is 0 Å². The van der Waals surface area contributed by atoms with Crippen molar-refractivity contribution in [1.29, 1.82) is 0 Å². The fourth-order valence-electron chi connectivity index (χ4n) is 2.16. The van der Waals surface area contributed by atoms with Gasteiger partial charge in [0.1, 0.15) is 22.6 Å². The normalized spacial score (nSPS) is 13.1. The zero-order valence-electron chi connectivity index (χ0n) is 12.6. The van der Waals surface area contributed by atoms with Crippen LogP contribution in [-0.2, 0) is 16.6 Å². The standard InChI is InChI=1S/C16H13F2NO3S3/c17-10-3-6-15(12(18)8-10)25(21,22)19-9-11-4-5-14(24-11)16(20)13-2-1-7-23-13/h1-8,16,19-20H,9H2. The maximum Gasteiger partial charge on any atom is 0.243 e. The van der Waals surface area contributed by atoms with E-state index in [1.54, 1.807) is 12.1 Å². The van der Waals surface area contributed by atoms with Crippen LogP contribution in [0.3, 0.4) is 0 Å². The van der Waals surface area contributed by atoms with E-state index in [4.69, 9.17) is 0 Å². The predicted octanol–water partition coefficient (Wildman–Crippen LogP) is 3.65. The Hall–Kier alpha value is -1.65. The molecule has 3 rings (SSSR count). The highest BCUT2D eigenvalue weighted by Crippen LogP contribution is 2.31. The Morgan fingerprint density at radius 3 is 2.60 bits per heavy atom. The van der Waals surface area contributed by atoms with Gasteiger partial charge in [-0.1, -0.05) is 6.07 Å². The molecule has 0 radical (unpaired) electrons. The second-order valence-electron chi connectivity index (χ2n) is 5.12. The molecule has 2 N–H and O–H groups in total. The summed E-state index contributed by atoms with van der Waals surface area (Å²) in [4.78, 5) is 1.54. The number of hydrogen-bond donors (Lipinski definition) is 2. The van der Waals surface area contributed by atoms with Crippen molar-refractivity contribution >= 4 is 32.7 Å². The number of nitrogens with one attached hydrogen (secondary N) is 1. The zero-order chi connectivity index (χ0) is 18.0. The molecule has 0 bridgehead atoms. The Morgan fingerprint density at radius 2 is 1.92 bits per heavy atom. The van der Waals surface area contributed by atoms with E-state index in [1.807, 2.05) is 17.5 Å². The van der Waals surface area contributed by atoms with Crippen LogP contribution < -0.4 is 4.72 Å². The average Bonchev–Trinajstić information content (AvgIpc) is 3.24. The first-order valence-electron chi connectivity index (χ1n) is 7.11. The number of aliphatic hydroxyl groups is 1. The fraction of sp³-hybridized carbons (Fsp3) is 0.125. The van der Waals surface area contributed by atoms with Crippen molar-refractivity contribution in [3.8, 4) is 0 Å². The Kier molecular flexibility index (Phi) is 5.30.